The number of primary amides is 1. The zero-order valence-electron chi connectivity index (χ0n) is 11.4. The van der Waals surface area contributed by atoms with E-state index in [2.05, 4.69) is 15.5 Å². The van der Waals surface area contributed by atoms with Crippen LogP contribution in [0.3, 0.4) is 0 Å². The molecule has 1 aromatic carbocycles. The molecular weight excluding hydrogens is 268 g/mol. The number of benzene rings is 1. The highest BCUT2D eigenvalue weighted by molar-refractivity contribution is 5.96. The van der Waals surface area contributed by atoms with Gasteiger partial charge < -0.3 is 11.1 Å². The van der Waals surface area contributed by atoms with Crippen LogP contribution < -0.4 is 11.1 Å². The van der Waals surface area contributed by atoms with Crippen molar-refractivity contribution < 1.29 is 9.59 Å². The second-order valence-electron chi connectivity index (χ2n) is 5.20. The summed E-state index contributed by atoms with van der Waals surface area (Å²) in [4.78, 5) is 23.8. The average molecular weight is 284 g/mol. The molecule has 3 rings (SSSR count). The summed E-state index contributed by atoms with van der Waals surface area (Å²) >= 11 is 0. The van der Waals surface area contributed by atoms with Crippen LogP contribution in [0.1, 0.15) is 46.5 Å². The van der Waals surface area contributed by atoms with Gasteiger partial charge in [0.15, 0.2) is 0 Å². The summed E-state index contributed by atoms with van der Waals surface area (Å²) in [6.07, 6.45) is 2.24. The third kappa shape index (κ3) is 2.94. The van der Waals surface area contributed by atoms with Crippen LogP contribution in [0.4, 0.5) is 0 Å². The Bertz CT molecular complexity index is 661. The van der Waals surface area contributed by atoms with Gasteiger partial charge in [-0.05, 0) is 24.5 Å². The molecule has 0 radical (unpaired) electrons. The molecule has 0 spiro atoms. The molecule has 1 fully saturated rings. The summed E-state index contributed by atoms with van der Waals surface area (Å²) in [6.45, 7) is 0. The van der Waals surface area contributed by atoms with Crippen molar-refractivity contribution in [3.05, 3.63) is 53.3 Å². The van der Waals surface area contributed by atoms with E-state index >= 15 is 0 Å². The lowest BCUT2D eigenvalue weighted by Gasteiger charge is -2.14. The Morgan fingerprint density at radius 2 is 2.00 bits per heavy atom. The van der Waals surface area contributed by atoms with E-state index < -0.39 is 17.9 Å². The molecule has 2 amide bonds. The van der Waals surface area contributed by atoms with Crippen molar-refractivity contribution in [2.24, 2.45) is 5.73 Å². The maximum atomic E-state index is 12.2. The van der Waals surface area contributed by atoms with Crippen molar-refractivity contribution in [2.75, 3.05) is 0 Å². The first-order chi connectivity index (χ1) is 10.1. The van der Waals surface area contributed by atoms with E-state index in [4.69, 9.17) is 5.73 Å². The predicted molar refractivity (Wildman–Crippen MR) is 76.4 cm³/mol. The maximum Gasteiger partial charge on any atom is 0.272 e. The summed E-state index contributed by atoms with van der Waals surface area (Å²) < 4.78 is 0. The van der Waals surface area contributed by atoms with Crippen LogP contribution in [-0.2, 0) is 4.79 Å². The molecule has 0 unspecified atom stereocenters. The lowest BCUT2D eigenvalue weighted by atomic mass is 10.1. The summed E-state index contributed by atoms with van der Waals surface area (Å²) in [5, 5.41) is 9.48. The molecule has 0 saturated heterocycles. The SMILES string of the molecule is NC(=O)[C@H](NC(=O)c1cc(C2CC2)[nH]n1)c1ccccc1. The average Bonchev–Trinajstić information content (AvgIpc) is 3.22. The molecule has 1 aliphatic rings. The lowest BCUT2D eigenvalue weighted by Crippen LogP contribution is -2.37. The van der Waals surface area contributed by atoms with Crippen LogP contribution in [0, 0.1) is 0 Å². The van der Waals surface area contributed by atoms with Crippen LogP contribution >= 0.6 is 0 Å². The number of nitrogens with two attached hydrogens (primary N) is 1. The predicted octanol–water partition coefficient (Wildman–Crippen LogP) is 1.24. The highest BCUT2D eigenvalue weighted by Crippen LogP contribution is 2.38. The van der Waals surface area contributed by atoms with Crippen molar-refractivity contribution in [1.29, 1.82) is 0 Å². The Kier molecular flexibility index (Phi) is 3.43. The van der Waals surface area contributed by atoms with Gasteiger partial charge in [0.05, 0.1) is 0 Å². The molecule has 6 heteroatoms. The van der Waals surface area contributed by atoms with Gasteiger partial charge in [-0.1, -0.05) is 30.3 Å². The number of nitrogens with one attached hydrogen (secondary N) is 2. The molecule has 6 nitrogen and oxygen atoms in total. The van der Waals surface area contributed by atoms with E-state index in [0.717, 1.165) is 18.5 Å². The normalized spacial score (nSPS) is 15.4. The summed E-state index contributed by atoms with van der Waals surface area (Å²) in [7, 11) is 0. The highest BCUT2D eigenvalue weighted by Gasteiger charge is 2.27. The number of aromatic amines is 1. The molecule has 1 saturated carbocycles. The van der Waals surface area contributed by atoms with Gasteiger partial charge in [0.25, 0.3) is 5.91 Å². The van der Waals surface area contributed by atoms with Crippen molar-refractivity contribution in [2.45, 2.75) is 24.8 Å². The number of nitrogens with zero attached hydrogens (tertiary/aromatic N) is 1. The minimum Gasteiger partial charge on any atom is -0.368 e. The van der Waals surface area contributed by atoms with Crippen molar-refractivity contribution in [3.8, 4) is 0 Å². The Labute approximate surface area is 121 Å². The molecule has 0 bridgehead atoms. The molecule has 1 atom stereocenters. The molecule has 108 valence electrons. The minimum atomic E-state index is -0.861. The van der Waals surface area contributed by atoms with Gasteiger partial charge in [-0.25, -0.2) is 0 Å². The third-order valence-electron chi connectivity index (χ3n) is 3.54. The van der Waals surface area contributed by atoms with Gasteiger partial charge in [-0.15, -0.1) is 0 Å². The number of aromatic nitrogens is 2. The van der Waals surface area contributed by atoms with E-state index in [-0.39, 0.29) is 5.69 Å². The van der Waals surface area contributed by atoms with E-state index in [1.807, 2.05) is 6.07 Å². The van der Waals surface area contributed by atoms with Gasteiger partial charge >= 0.3 is 0 Å². The second-order valence-corrected chi connectivity index (χ2v) is 5.20. The highest BCUT2D eigenvalue weighted by atomic mass is 16.2. The van der Waals surface area contributed by atoms with Crippen molar-refractivity contribution in [1.82, 2.24) is 15.5 Å². The third-order valence-corrected chi connectivity index (χ3v) is 3.54. The van der Waals surface area contributed by atoms with Gasteiger partial charge in [-0.2, -0.15) is 5.10 Å². The molecule has 2 aromatic rings. The number of carbonyl (C=O) groups is 2. The van der Waals surface area contributed by atoms with Gasteiger partial charge in [0, 0.05) is 11.6 Å². The number of hydrogen-bond donors (Lipinski definition) is 3. The maximum absolute atomic E-state index is 12.2. The van der Waals surface area contributed by atoms with Crippen LogP contribution in [0.15, 0.2) is 36.4 Å². The zero-order chi connectivity index (χ0) is 14.8. The first kappa shape index (κ1) is 13.4. The second kappa shape index (κ2) is 5.40. The number of hydrogen-bond acceptors (Lipinski definition) is 3. The lowest BCUT2D eigenvalue weighted by molar-refractivity contribution is -0.120. The molecule has 21 heavy (non-hydrogen) atoms. The fourth-order valence-corrected chi connectivity index (χ4v) is 2.23. The molecule has 1 aliphatic carbocycles. The summed E-state index contributed by atoms with van der Waals surface area (Å²) in [6, 6.07) is 9.77. The first-order valence-corrected chi connectivity index (χ1v) is 6.85. The number of H-pyrrole nitrogens is 1. The Balaban J connectivity index is 1.75. The number of amides is 2. The van der Waals surface area contributed by atoms with E-state index in [0.29, 0.717) is 11.5 Å². The van der Waals surface area contributed by atoms with Gasteiger partial charge in [0.1, 0.15) is 11.7 Å². The van der Waals surface area contributed by atoms with E-state index in [1.165, 1.54) is 0 Å². The van der Waals surface area contributed by atoms with Crippen LogP contribution in [-0.4, -0.2) is 22.0 Å². The monoisotopic (exact) mass is 284 g/mol. The van der Waals surface area contributed by atoms with Crippen LogP contribution in [0.25, 0.3) is 0 Å². The fraction of sp³-hybridized carbons (Fsp3) is 0.267. The van der Waals surface area contributed by atoms with E-state index in [1.54, 1.807) is 30.3 Å². The Hall–Kier alpha value is -2.63. The molecule has 1 aromatic heterocycles. The summed E-state index contributed by atoms with van der Waals surface area (Å²) in [5.74, 6) is -0.529. The first-order valence-electron chi connectivity index (χ1n) is 6.85. The topological polar surface area (TPSA) is 101 Å². The minimum absolute atomic E-state index is 0.277. The Morgan fingerprint density at radius 3 is 2.62 bits per heavy atom. The van der Waals surface area contributed by atoms with Gasteiger partial charge in [0.2, 0.25) is 5.91 Å². The molecule has 0 aliphatic heterocycles. The Morgan fingerprint density at radius 1 is 1.29 bits per heavy atom. The van der Waals surface area contributed by atoms with Crippen molar-refractivity contribution >= 4 is 11.8 Å². The largest absolute Gasteiger partial charge is 0.368 e. The van der Waals surface area contributed by atoms with Crippen molar-refractivity contribution in [3.63, 3.8) is 0 Å². The molecular formula is C15H16N4O2. The van der Waals surface area contributed by atoms with Crippen LogP contribution in [0.5, 0.6) is 0 Å². The summed E-state index contributed by atoms with van der Waals surface area (Å²) in [5.41, 5.74) is 7.27. The standard InChI is InChI=1S/C15H16N4O2/c16-14(20)13(10-4-2-1-3-5-10)17-15(21)12-8-11(18-19-12)9-6-7-9/h1-5,8-9,13H,6-7H2,(H2,16,20)(H,17,21)(H,18,19)/t13-/m1/s1. The van der Waals surface area contributed by atoms with E-state index in [9.17, 15) is 9.59 Å². The quantitative estimate of drug-likeness (QED) is 0.770. The number of rotatable bonds is 5. The fourth-order valence-electron chi connectivity index (χ4n) is 2.23. The number of carbonyl (C=O) groups excluding carboxylic acids is 2. The molecule has 4 N–H and O–H groups in total. The van der Waals surface area contributed by atoms with Gasteiger partial charge in [-0.3, -0.25) is 14.7 Å². The van der Waals surface area contributed by atoms with Crippen LogP contribution in [0.2, 0.25) is 0 Å². The smallest absolute Gasteiger partial charge is 0.272 e. The zero-order valence-corrected chi connectivity index (χ0v) is 11.4. The molecule has 1 heterocycles.